The number of nitrogens with zero attached hydrogens (tertiary/aromatic N) is 7. The minimum atomic E-state index is -4.65. The van der Waals surface area contributed by atoms with Crippen LogP contribution in [0.3, 0.4) is 0 Å². The van der Waals surface area contributed by atoms with E-state index in [2.05, 4.69) is 20.1 Å². The van der Waals surface area contributed by atoms with Crippen molar-refractivity contribution in [1.29, 1.82) is 0 Å². The van der Waals surface area contributed by atoms with Crippen molar-refractivity contribution in [3.63, 3.8) is 0 Å². The van der Waals surface area contributed by atoms with Gasteiger partial charge in [0, 0.05) is 19.6 Å². The van der Waals surface area contributed by atoms with Crippen molar-refractivity contribution < 1.29 is 31.2 Å². The molecule has 33 heavy (non-hydrogen) atoms. The molecule has 0 saturated carbocycles. The molecule has 0 N–H and O–H groups in total. The first-order valence-corrected chi connectivity index (χ1v) is 10.2. The third-order valence-corrected chi connectivity index (χ3v) is 6.21. The van der Waals surface area contributed by atoms with Crippen LogP contribution >= 0.6 is 0 Å². The smallest absolute Gasteiger partial charge is 0.431 e. The van der Waals surface area contributed by atoms with Crippen LogP contribution in [0.5, 0.6) is 0 Å². The quantitative estimate of drug-likeness (QED) is 0.540. The Bertz CT molecular complexity index is 1180. The Morgan fingerprint density at radius 1 is 1.09 bits per heavy atom. The Labute approximate surface area is 183 Å². The van der Waals surface area contributed by atoms with Gasteiger partial charge in [-0.2, -0.15) is 23.3 Å². The largest absolute Gasteiger partial charge is 0.436 e. The lowest BCUT2D eigenvalue weighted by atomic mass is 9.77. The van der Waals surface area contributed by atoms with E-state index in [4.69, 9.17) is 4.42 Å². The highest BCUT2D eigenvalue weighted by molar-refractivity contribution is 5.98. The third-order valence-electron chi connectivity index (χ3n) is 6.21. The number of halogens is 5. The van der Waals surface area contributed by atoms with Gasteiger partial charge in [-0.1, -0.05) is 0 Å². The number of alkyl halides is 5. The van der Waals surface area contributed by atoms with Crippen LogP contribution in [0.4, 0.5) is 33.8 Å². The van der Waals surface area contributed by atoms with Gasteiger partial charge in [-0.15, -0.1) is 0 Å². The zero-order valence-corrected chi connectivity index (χ0v) is 17.1. The first-order chi connectivity index (χ1) is 15.7. The number of carbonyl (C=O) groups is 1. The number of hydrogen-bond acceptors (Lipinski definition) is 7. The minimum Gasteiger partial charge on any atom is -0.431 e. The van der Waals surface area contributed by atoms with Crippen molar-refractivity contribution >= 4 is 28.9 Å². The number of piperidine rings is 1. The zero-order valence-electron chi connectivity index (χ0n) is 17.1. The summed E-state index contributed by atoms with van der Waals surface area (Å²) in [4.78, 5) is 28.3. The van der Waals surface area contributed by atoms with Gasteiger partial charge in [-0.05, 0) is 19.3 Å². The summed E-state index contributed by atoms with van der Waals surface area (Å²) >= 11 is 0. The highest BCUT2D eigenvalue weighted by Gasteiger charge is 2.50. The number of anilines is 2. The van der Waals surface area contributed by atoms with Crippen molar-refractivity contribution in [2.45, 2.75) is 38.4 Å². The summed E-state index contributed by atoms with van der Waals surface area (Å²) in [6.45, 7) is 0.519. The average molecular weight is 471 g/mol. The number of rotatable bonds is 4. The maximum atomic E-state index is 13.1. The Kier molecular flexibility index (Phi) is 4.97. The molecule has 2 saturated heterocycles. The second kappa shape index (κ2) is 7.63. The van der Waals surface area contributed by atoms with Crippen LogP contribution in [0, 0.1) is 5.41 Å². The van der Waals surface area contributed by atoms with Gasteiger partial charge < -0.3 is 9.32 Å². The van der Waals surface area contributed by atoms with Crippen LogP contribution in [0.25, 0.3) is 11.2 Å². The molecule has 3 aromatic rings. The molecule has 1 amide bonds. The van der Waals surface area contributed by atoms with Gasteiger partial charge in [0.1, 0.15) is 24.1 Å². The normalized spacial score (nSPS) is 18.9. The molecular weight excluding hydrogens is 453 g/mol. The predicted octanol–water partition coefficient (Wildman–Crippen LogP) is 3.12. The fourth-order valence-electron chi connectivity index (χ4n) is 4.41. The van der Waals surface area contributed by atoms with Crippen LogP contribution in [0.15, 0.2) is 23.1 Å². The number of aromatic nitrogens is 5. The molecule has 2 aliphatic rings. The molecule has 0 aliphatic carbocycles. The molecule has 0 unspecified atom stereocenters. The zero-order chi connectivity index (χ0) is 23.4. The topological polar surface area (TPSA) is 93.2 Å². The molecule has 9 nitrogen and oxygen atoms in total. The second-order valence-corrected chi connectivity index (χ2v) is 8.14. The van der Waals surface area contributed by atoms with Crippen molar-refractivity contribution in [2.75, 3.05) is 29.4 Å². The van der Waals surface area contributed by atoms with Crippen LogP contribution in [0.1, 0.15) is 25.0 Å². The monoisotopic (exact) mass is 471 g/mol. The molecular formula is C19H18F5N7O2. The van der Waals surface area contributed by atoms with E-state index >= 15 is 0 Å². The summed E-state index contributed by atoms with van der Waals surface area (Å²) in [6.07, 6.45) is -2.46. The van der Waals surface area contributed by atoms with Gasteiger partial charge in [0.25, 0.3) is 6.43 Å². The van der Waals surface area contributed by atoms with Gasteiger partial charge in [-0.3, -0.25) is 9.69 Å². The first-order valence-electron chi connectivity index (χ1n) is 10.2. The van der Waals surface area contributed by atoms with E-state index in [1.165, 1.54) is 17.3 Å². The molecule has 5 heterocycles. The number of amides is 1. The highest BCUT2D eigenvalue weighted by atomic mass is 19.4. The van der Waals surface area contributed by atoms with E-state index in [9.17, 15) is 26.7 Å². The summed E-state index contributed by atoms with van der Waals surface area (Å²) in [5.74, 6) is 0.174. The first kappa shape index (κ1) is 21.5. The number of fused-ring (bicyclic) bond motifs is 1. The van der Waals surface area contributed by atoms with E-state index in [1.807, 2.05) is 4.90 Å². The summed E-state index contributed by atoms with van der Waals surface area (Å²) < 4.78 is 70.0. The minimum absolute atomic E-state index is 0.217. The van der Waals surface area contributed by atoms with Gasteiger partial charge >= 0.3 is 12.2 Å². The molecule has 0 aromatic carbocycles. The third kappa shape index (κ3) is 3.76. The average Bonchev–Trinajstić information content (AvgIpc) is 3.48. The summed E-state index contributed by atoms with van der Waals surface area (Å²) in [7, 11) is 0. The van der Waals surface area contributed by atoms with Crippen LogP contribution in [-0.4, -0.2) is 56.7 Å². The fourth-order valence-corrected chi connectivity index (χ4v) is 4.41. The Morgan fingerprint density at radius 2 is 1.82 bits per heavy atom. The fraction of sp³-hybridized carbons (Fsp3) is 0.526. The Balaban J connectivity index is 1.30. The molecule has 2 fully saturated rings. The van der Waals surface area contributed by atoms with Gasteiger partial charge in [-0.25, -0.2) is 23.4 Å². The van der Waals surface area contributed by atoms with Gasteiger partial charge in [0.2, 0.25) is 5.91 Å². The Hall–Kier alpha value is -3.32. The number of carbonyl (C=O) groups excluding carboxylic acids is 1. The van der Waals surface area contributed by atoms with E-state index in [0.29, 0.717) is 49.9 Å². The lowest BCUT2D eigenvalue weighted by molar-refractivity contribution is -0.141. The molecule has 176 valence electrons. The molecule has 0 radical (unpaired) electrons. The Morgan fingerprint density at radius 3 is 2.48 bits per heavy atom. The van der Waals surface area contributed by atoms with Crippen LogP contribution in [0.2, 0.25) is 0 Å². The SMILES string of the molecule is O=C1N(c2nc(C(F)(F)F)co2)CCC12CCN(c1cnc3cnn(CC(F)F)c3n1)CC2. The highest BCUT2D eigenvalue weighted by Crippen LogP contribution is 2.44. The van der Waals surface area contributed by atoms with E-state index in [1.54, 1.807) is 0 Å². The molecule has 2 aliphatic heterocycles. The van der Waals surface area contributed by atoms with E-state index in [-0.39, 0.29) is 24.1 Å². The van der Waals surface area contributed by atoms with Crippen molar-refractivity contribution in [3.8, 4) is 0 Å². The molecule has 14 heteroatoms. The molecule has 0 atom stereocenters. The summed E-state index contributed by atoms with van der Waals surface area (Å²) in [5, 5.41) is 3.90. The standard InChI is InChI=1S/C19H18F5N7O2/c20-13(21)9-31-15-11(7-26-31)25-8-14(28-15)29-4-1-18(2-5-29)3-6-30(16(18)32)17-27-12(10-33-17)19(22,23)24/h7-8,10,13H,1-6,9H2. The summed E-state index contributed by atoms with van der Waals surface area (Å²) in [6, 6.07) is -0.352. The van der Waals surface area contributed by atoms with Gasteiger partial charge in [0.05, 0.1) is 17.8 Å². The van der Waals surface area contributed by atoms with Crippen molar-refractivity contribution in [3.05, 3.63) is 24.4 Å². The van der Waals surface area contributed by atoms with Crippen molar-refractivity contribution in [1.82, 2.24) is 24.7 Å². The summed E-state index contributed by atoms with van der Waals surface area (Å²) in [5.41, 5.74) is -1.25. The molecule has 0 bridgehead atoms. The molecule has 5 rings (SSSR count). The number of oxazole rings is 1. The second-order valence-electron chi connectivity index (χ2n) is 8.14. The van der Waals surface area contributed by atoms with Crippen molar-refractivity contribution in [2.24, 2.45) is 5.41 Å². The number of hydrogen-bond donors (Lipinski definition) is 0. The molecule has 3 aromatic heterocycles. The van der Waals surface area contributed by atoms with E-state index in [0.717, 1.165) is 4.68 Å². The van der Waals surface area contributed by atoms with E-state index < -0.39 is 30.3 Å². The van der Waals surface area contributed by atoms with Crippen LogP contribution in [-0.2, 0) is 17.5 Å². The maximum absolute atomic E-state index is 13.1. The van der Waals surface area contributed by atoms with Crippen LogP contribution < -0.4 is 9.80 Å². The lowest BCUT2D eigenvalue weighted by Crippen LogP contribution is -2.45. The lowest BCUT2D eigenvalue weighted by Gasteiger charge is -2.38. The maximum Gasteiger partial charge on any atom is 0.436 e. The predicted molar refractivity (Wildman–Crippen MR) is 104 cm³/mol. The molecule has 1 spiro atoms. The van der Waals surface area contributed by atoms with Gasteiger partial charge in [0.15, 0.2) is 11.3 Å².